The lowest BCUT2D eigenvalue weighted by Crippen LogP contribution is -2.20. The summed E-state index contributed by atoms with van der Waals surface area (Å²) in [5, 5.41) is 6.37. The van der Waals surface area contributed by atoms with Gasteiger partial charge in [-0.2, -0.15) is 5.10 Å². The molecule has 3 nitrogen and oxygen atoms in total. The molecule has 1 aliphatic rings. The topological polar surface area (TPSA) is 41.6 Å². The number of benzene rings is 1. The molecule has 1 heterocycles. The minimum Gasteiger partial charge on any atom is -0.385 e. The molecule has 0 saturated carbocycles. The Morgan fingerprint density at radius 1 is 1.40 bits per heavy atom. The zero-order valence-electron chi connectivity index (χ0n) is 9.49. The molecule has 15 heavy (non-hydrogen) atoms. The van der Waals surface area contributed by atoms with Crippen LogP contribution in [0, 0.1) is 19.8 Å². The number of nitrogens with two attached hydrogens (primary N) is 1. The first-order chi connectivity index (χ1) is 7.08. The molecule has 0 aromatic heterocycles. The van der Waals surface area contributed by atoms with Crippen molar-refractivity contribution < 1.29 is 0 Å². The van der Waals surface area contributed by atoms with Crippen LogP contribution in [0.3, 0.4) is 0 Å². The second-order valence-corrected chi connectivity index (χ2v) is 4.30. The van der Waals surface area contributed by atoms with Crippen LogP contribution in [0.4, 0.5) is 5.69 Å². The SMILES string of the molecule is Cc1ccc(C)c(N2CC(C)C(N)=N2)c1. The highest BCUT2D eigenvalue weighted by Crippen LogP contribution is 2.25. The van der Waals surface area contributed by atoms with Gasteiger partial charge in [-0.05, 0) is 31.0 Å². The third kappa shape index (κ3) is 1.82. The fraction of sp³-hybridized carbons (Fsp3) is 0.417. The van der Waals surface area contributed by atoms with Crippen molar-refractivity contribution in [2.45, 2.75) is 20.8 Å². The van der Waals surface area contributed by atoms with Crippen LogP contribution in [0.15, 0.2) is 23.3 Å². The highest BCUT2D eigenvalue weighted by molar-refractivity contribution is 5.86. The number of hydrogen-bond donors (Lipinski definition) is 1. The summed E-state index contributed by atoms with van der Waals surface area (Å²) in [7, 11) is 0. The monoisotopic (exact) mass is 203 g/mol. The van der Waals surface area contributed by atoms with Gasteiger partial charge in [0.15, 0.2) is 0 Å². The van der Waals surface area contributed by atoms with E-state index < -0.39 is 0 Å². The maximum atomic E-state index is 5.80. The molecule has 2 N–H and O–H groups in total. The molecule has 1 aliphatic heterocycles. The molecule has 0 saturated heterocycles. The van der Waals surface area contributed by atoms with E-state index in [0.29, 0.717) is 5.92 Å². The Morgan fingerprint density at radius 3 is 2.73 bits per heavy atom. The van der Waals surface area contributed by atoms with Crippen LogP contribution >= 0.6 is 0 Å². The van der Waals surface area contributed by atoms with Crippen molar-refractivity contribution in [3.8, 4) is 0 Å². The van der Waals surface area contributed by atoms with E-state index in [9.17, 15) is 0 Å². The summed E-state index contributed by atoms with van der Waals surface area (Å²) < 4.78 is 0. The highest BCUT2D eigenvalue weighted by Gasteiger charge is 2.22. The first-order valence-corrected chi connectivity index (χ1v) is 5.26. The Hall–Kier alpha value is -1.51. The average molecular weight is 203 g/mol. The van der Waals surface area contributed by atoms with E-state index in [0.717, 1.165) is 12.4 Å². The normalized spacial score (nSPS) is 20.6. The van der Waals surface area contributed by atoms with Crippen LogP contribution < -0.4 is 10.7 Å². The van der Waals surface area contributed by atoms with E-state index >= 15 is 0 Å². The molecule has 80 valence electrons. The van der Waals surface area contributed by atoms with Gasteiger partial charge in [0, 0.05) is 5.92 Å². The van der Waals surface area contributed by atoms with Gasteiger partial charge >= 0.3 is 0 Å². The summed E-state index contributed by atoms with van der Waals surface area (Å²) in [5.74, 6) is 1.08. The van der Waals surface area contributed by atoms with E-state index in [2.05, 4.69) is 44.1 Å². The quantitative estimate of drug-likeness (QED) is 0.758. The summed E-state index contributed by atoms with van der Waals surface area (Å²) in [4.78, 5) is 0. The lowest BCUT2D eigenvalue weighted by molar-refractivity contribution is 0.771. The van der Waals surface area contributed by atoms with Gasteiger partial charge in [-0.3, -0.25) is 5.01 Å². The predicted octanol–water partition coefficient (Wildman–Crippen LogP) is 2.03. The minimum atomic E-state index is 0.352. The smallest absolute Gasteiger partial charge is 0.124 e. The van der Waals surface area contributed by atoms with Crippen molar-refractivity contribution in [3.05, 3.63) is 29.3 Å². The van der Waals surface area contributed by atoms with Gasteiger partial charge in [0.1, 0.15) is 5.84 Å². The fourth-order valence-corrected chi connectivity index (χ4v) is 1.78. The standard InChI is InChI=1S/C12H17N3/c1-8-4-5-9(2)11(6-8)15-7-10(3)12(13)14-15/h4-6,10H,7H2,1-3H3,(H2,13,14). The summed E-state index contributed by atoms with van der Waals surface area (Å²) in [6.07, 6.45) is 0. The largest absolute Gasteiger partial charge is 0.385 e. The maximum Gasteiger partial charge on any atom is 0.124 e. The molecule has 1 aromatic rings. The molecule has 0 bridgehead atoms. The van der Waals surface area contributed by atoms with Crippen LogP contribution in [0.2, 0.25) is 0 Å². The van der Waals surface area contributed by atoms with Gasteiger partial charge < -0.3 is 5.73 Å². The van der Waals surface area contributed by atoms with Crippen LogP contribution in [0.1, 0.15) is 18.1 Å². The fourth-order valence-electron chi connectivity index (χ4n) is 1.78. The molecule has 2 rings (SSSR count). The molecule has 1 aromatic carbocycles. The molecule has 0 radical (unpaired) electrons. The number of nitrogens with zero attached hydrogens (tertiary/aromatic N) is 2. The van der Waals surface area contributed by atoms with Gasteiger partial charge in [0.05, 0.1) is 12.2 Å². The van der Waals surface area contributed by atoms with Gasteiger partial charge in [-0.25, -0.2) is 0 Å². The minimum absolute atomic E-state index is 0.352. The molecule has 1 atom stereocenters. The Morgan fingerprint density at radius 2 is 2.13 bits per heavy atom. The summed E-state index contributed by atoms with van der Waals surface area (Å²) >= 11 is 0. The first-order valence-electron chi connectivity index (χ1n) is 5.26. The molecule has 0 aliphatic carbocycles. The van der Waals surface area contributed by atoms with E-state index in [1.54, 1.807) is 0 Å². The molecule has 3 heteroatoms. The van der Waals surface area contributed by atoms with Crippen molar-refractivity contribution in [2.24, 2.45) is 16.8 Å². The summed E-state index contributed by atoms with van der Waals surface area (Å²) in [5.41, 5.74) is 9.47. The summed E-state index contributed by atoms with van der Waals surface area (Å²) in [6, 6.07) is 6.40. The van der Waals surface area contributed by atoms with Crippen LogP contribution in [-0.4, -0.2) is 12.4 Å². The number of hydrazone groups is 1. The number of anilines is 1. The molecular weight excluding hydrogens is 186 g/mol. The Kier molecular flexibility index (Phi) is 2.39. The Balaban J connectivity index is 2.35. The van der Waals surface area contributed by atoms with Crippen molar-refractivity contribution in [1.29, 1.82) is 0 Å². The van der Waals surface area contributed by atoms with Crippen molar-refractivity contribution in [3.63, 3.8) is 0 Å². The van der Waals surface area contributed by atoms with Gasteiger partial charge in [-0.1, -0.05) is 19.1 Å². The van der Waals surface area contributed by atoms with E-state index in [-0.39, 0.29) is 0 Å². The number of hydrogen-bond acceptors (Lipinski definition) is 3. The van der Waals surface area contributed by atoms with Crippen molar-refractivity contribution in [2.75, 3.05) is 11.6 Å². The second-order valence-electron chi connectivity index (χ2n) is 4.30. The van der Waals surface area contributed by atoms with E-state index in [1.807, 2.05) is 5.01 Å². The number of rotatable bonds is 1. The zero-order valence-corrected chi connectivity index (χ0v) is 9.49. The van der Waals surface area contributed by atoms with Crippen molar-refractivity contribution in [1.82, 2.24) is 0 Å². The lowest BCUT2D eigenvalue weighted by atomic mass is 10.1. The van der Waals surface area contributed by atoms with E-state index in [1.165, 1.54) is 16.8 Å². The molecular formula is C12H17N3. The van der Waals surface area contributed by atoms with Crippen LogP contribution in [0.5, 0.6) is 0 Å². The molecule has 0 spiro atoms. The third-order valence-corrected chi connectivity index (χ3v) is 2.83. The van der Waals surface area contributed by atoms with Gasteiger partial charge in [0.2, 0.25) is 0 Å². The highest BCUT2D eigenvalue weighted by atomic mass is 15.5. The predicted molar refractivity (Wildman–Crippen MR) is 64.0 cm³/mol. The summed E-state index contributed by atoms with van der Waals surface area (Å²) in [6.45, 7) is 7.18. The number of aryl methyl sites for hydroxylation is 2. The number of amidine groups is 1. The Bertz CT molecular complexity index is 409. The molecule has 1 unspecified atom stereocenters. The Labute approximate surface area is 90.6 Å². The molecule has 0 amide bonds. The third-order valence-electron chi connectivity index (χ3n) is 2.83. The van der Waals surface area contributed by atoms with E-state index in [4.69, 9.17) is 5.73 Å². The molecule has 0 fully saturated rings. The van der Waals surface area contributed by atoms with Crippen molar-refractivity contribution >= 4 is 11.5 Å². The second kappa shape index (κ2) is 3.57. The maximum absolute atomic E-state index is 5.80. The zero-order chi connectivity index (χ0) is 11.0. The van der Waals surface area contributed by atoms with Gasteiger partial charge in [0.25, 0.3) is 0 Å². The van der Waals surface area contributed by atoms with Gasteiger partial charge in [-0.15, -0.1) is 0 Å². The van der Waals surface area contributed by atoms with Crippen LogP contribution in [-0.2, 0) is 0 Å². The first kappa shape index (κ1) is 10.0. The average Bonchev–Trinajstić information content (AvgIpc) is 2.51. The lowest BCUT2D eigenvalue weighted by Gasteiger charge is -2.17. The van der Waals surface area contributed by atoms with Crippen LogP contribution in [0.25, 0.3) is 0 Å².